The Morgan fingerprint density at radius 1 is 1.36 bits per heavy atom. The number of thiol groups is 1. The second-order valence-electron chi connectivity index (χ2n) is 8.39. The minimum Gasteiger partial charge on any atom is -0.404 e. The van der Waals surface area contributed by atoms with Gasteiger partial charge < -0.3 is 14.4 Å². The van der Waals surface area contributed by atoms with E-state index in [1.165, 1.54) is 30.3 Å². The van der Waals surface area contributed by atoms with Crippen LogP contribution in [0, 0.1) is 5.41 Å². The molecule has 1 aliphatic rings. The van der Waals surface area contributed by atoms with E-state index in [4.69, 9.17) is 29.9 Å². The van der Waals surface area contributed by atoms with Gasteiger partial charge in [0.05, 0.1) is 11.5 Å². The number of nitrogens with one attached hydrogen (secondary N) is 1. The van der Waals surface area contributed by atoms with Gasteiger partial charge in [0.25, 0.3) is 11.4 Å². The van der Waals surface area contributed by atoms with Crippen molar-refractivity contribution in [3.8, 4) is 5.75 Å². The Labute approximate surface area is 217 Å². The number of nitrogens with zero attached hydrogens (tertiary/aromatic N) is 1. The van der Waals surface area contributed by atoms with Crippen molar-refractivity contribution in [2.75, 3.05) is 12.4 Å². The lowest BCUT2D eigenvalue weighted by atomic mass is 9.77. The highest BCUT2D eigenvalue weighted by atomic mass is 35.5. The summed E-state index contributed by atoms with van der Waals surface area (Å²) in [6.07, 6.45) is -1.63. The molecule has 10 nitrogen and oxygen atoms in total. The number of aliphatic hydroxyl groups is 1. The smallest absolute Gasteiger partial charge is 0.404 e. The molecule has 2 aromatic rings. The summed E-state index contributed by atoms with van der Waals surface area (Å²) in [4.78, 5) is 26.0. The topological polar surface area (TPSA) is 129 Å². The Morgan fingerprint density at radius 3 is 2.58 bits per heavy atom. The molecule has 0 bridgehead atoms. The number of aromatic nitrogens is 2. The first kappa shape index (κ1) is 28.6. The van der Waals surface area contributed by atoms with Crippen molar-refractivity contribution in [3.05, 3.63) is 75.0 Å². The first-order chi connectivity index (χ1) is 16.9. The van der Waals surface area contributed by atoms with Gasteiger partial charge in [-0.05, 0) is 50.3 Å². The van der Waals surface area contributed by atoms with E-state index in [0.717, 1.165) is 16.8 Å². The predicted octanol–water partition coefficient (Wildman–Crippen LogP) is 3.87. The predicted molar refractivity (Wildman–Crippen MR) is 134 cm³/mol. The molecule has 14 heteroatoms. The first-order valence-electron chi connectivity index (χ1n) is 10.9. The van der Waals surface area contributed by atoms with Gasteiger partial charge in [0, 0.05) is 17.3 Å². The number of hydrogen-bond acceptors (Lipinski definition) is 9. The van der Waals surface area contributed by atoms with Crippen molar-refractivity contribution in [3.63, 3.8) is 0 Å². The van der Waals surface area contributed by atoms with E-state index in [2.05, 4.69) is 24.2 Å². The Kier molecular flexibility index (Phi) is 8.93. The summed E-state index contributed by atoms with van der Waals surface area (Å²) >= 11 is 10.0. The Bertz CT molecular complexity index is 1240. The zero-order valence-corrected chi connectivity index (χ0v) is 22.0. The highest BCUT2D eigenvalue weighted by Crippen LogP contribution is 2.57. The second-order valence-corrected chi connectivity index (χ2v) is 10.8. The second kappa shape index (κ2) is 11.2. The largest absolute Gasteiger partial charge is 0.530 e. The summed E-state index contributed by atoms with van der Waals surface area (Å²) in [6.45, 7) is 5.75. The molecule has 0 spiro atoms. The van der Waals surface area contributed by atoms with Crippen LogP contribution in [0.2, 0.25) is 5.02 Å². The number of ether oxygens (including phenoxy) is 1. The van der Waals surface area contributed by atoms with Crippen LogP contribution in [0.25, 0.3) is 0 Å². The van der Waals surface area contributed by atoms with Gasteiger partial charge in [0.2, 0.25) is 0 Å². The van der Waals surface area contributed by atoms with Crippen LogP contribution in [-0.2, 0) is 18.3 Å². The van der Waals surface area contributed by atoms with Gasteiger partial charge in [-0.3, -0.25) is 23.4 Å². The molecule has 1 saturated heterocycles. The minimum absolute atomic E-state index is 0.0319. The normalized spacial score (nSPS) is 27.6. The fourth-order valence-electron chi connectivity index (χ4n) is 3.83. The molecular weight excluding hydrogens is 538 g/mol. The van der Waals surface area contributed by atoms with Crippen molar-refractivity contribution in [2.24, 2.45) is 5.41 Å². The van der Waals surface area contributed by atoms with Crippen molar-refractivity contribution in [1.82, 2.24) is 9.55 Å². The summed E-state index contributed by atoms with van der Waals surface area (Å²) in [5.41, 5.74) is -3.13. The number of halogens is 2. The molecule has 1 aromatic heterocycles. The van der Waals surface area contributed by atoms with Crippen LogP contribution in [0.15, 0.2) is 58.8 Å². The number of H-pyrrole nitrogens is 1. The first-order valence-corrected chi connectivity index (χ1v) is 13.3. The number of aliphatic hydroxyl groups excluding tert-OH is 1. The average molecular weight is 565 g/mol. The highest BCUT2D eigenvalue weighted by Gasteiger charge is 2.64. The highest BCUT2D eigenvalue weighted by molar-refractivity contribution is 7.80. The molecule has 1 aromatic carbocycles. The molecule has 36 heavy (non-hydrogen) atoms. The standard InChI is InChI=1S/C22H27ClFN2O8PS/c1-4-21(10-12-36)18(28)22(24,32-19(21)26-11-9-17(27)25-20(26)29)13-31-35(30,33-14(2)3)34-16-7-5-15(23)6-8-16/h4-9,11,14,18-19,28,36H,1,10,12-13H2,2-3H3,(H,25,27,29)/t18-,19+,21-,22+,35?/m0/s1. The van der Waals surface area contributed by atoms with Gasteiger partial charge in [-0.1, -0.05) is 17.7 Å². The van der Waals surface area contributed by atoms with Crippen molar-refractivity contribution in [2.45, 2.75) is 44.6 Å². The lowest BCUT2D eigenvalue weighted by molar-refractivity contribution is -0.205. The maximum atomic E-state index is 16.2. The molecule has 3 rings (SSSR count). The monoisotopic (exact) mass is 564 g/mol. The SMILES string of the molecule is C=C[C@@]1(CCS)[C@H](n2ccc(=O)[nH]c2=O)O[C@](F)(COP(=O)(Oc2ccc(Cl)cc2)OC(C)C)[C@H]1O. The zero-order chi connectivity index (χ0) is 26.7. The molecule has 1 unspecified atom stereocenters. The van der Waals surface area contributed by atoms with E-state index in [1.54, 1.807) is 13.8 Å². The summed E-state index contributed by atoms with van der Waals surface area (Å²) in [7, 11) is -4.44. The van der Waals surface area contributed by atoms with Gasteiger partial charge in [0.15, 0.2) is 6.23 Å². The van der Waals surface area contributed by atoms with E-state index >= 15 is 4.39 Å². The summed E-state index contributed by atoms with van der Waals surface area (Å²) in [5.74, 6) is -2.75. The van der Waals surface area contributed by atoms with Gasteiger partial charge in [-0.25, -0.2) is 13.8 Å². The summed E-state index contributed by atoms with van der Waals surface area (Å²) in [6, 6.07) is 6.86. The average Bonchev–Trinajstić information content (AvgIpc) is 3.02. The van der Waals surface area contributed by atoms with Gasteiger partial charge >= 0.3 is 13.5 Å². The van der Waals surface area contributed by atoms with Gasteiger partial charge in [-0.15, -0.1) is 6.58 Å². The molecule has 0 amide bonds. The van der Waals surface area contributed by atoms with E-state index < -0.39 is 55.4 Å². The third kappa shape index (κ3) is 5.96. The Hall–Kier alpha value is -1.92. The zero-order valence-electron chi connectivity index (χ0n) is 19.5. The van der Waals surface area contributed by atoms with E-state index in [0.29, 0.717) is 5.02 Å². The lowest BCUT2D eigenvalue weighted by Gasteiger charge is -2.33. The van der Waals surface area contributed by atoms with Crippen molar-refractivity contribution >= 4 is 32.1 Å². The maximum Gasteiger partial charge on any atom is 0.530 e. The number of phosphoric acid groups is 1. The van der Waals surface area contributed by atoms with E-state index in [9.17, 15) is 19.3 Å². The van der Waals surface area contributed by atoms with Crippen LogP contribution in [0.4, 0.5) is 4.39 Å². The number of alkyl halides is 1. The van der Waals surface area contributed by atoms with Crippen LogP contribution in [0.5, 0.6) is 5.75 Å². The quantitative estimate of drug-likeness (QED) is 0.213. The third-order valence-electron chi connectivity index (χ3n) is 5.50. The summed E-state index contributed by atoms with van der Waals surface area (Å²) in [5, 5.41) is 11.5. The molecular formula is C22H27ClFN2O8PS. The van der Waals surface area contributed by atoms with Crippen molar-refractivity contribution < 1.29 is 32.4 Å². The van der Waals surface area contributed by atoms with E-state index in [-0.39, 0.29) is 17.9 Å². The molecule has 1 fully saturated rings. The fraction of sp³-hybridized carbons (Fsp3) is 0.455. The van der Waals surface area contributed by atoms with Gasteiger partial charge in [-0.2, -0.15) is 12.6 Å². The van der Waals surface area contributed by atoms with E-state index in [1.807, 2.05) is 0 Å². The third-order valence-corrected chi connectivity index (χ3v) is 7.54. The van der Waals surface area contributed by atoms with Crippen LogP contribution in [0.1, 0.15) is 26.5 Å². The Balaban J connectivity index is 1.94. The molecule has 5 atom stereocenters. The fourth-order valence-corrected chi connectivity index (χ4v) is 5.73. The summed E-state index contributed by atoms with van der Waals surface area (Å²) < 4.78 is 52.1. The number of phosphoric ester groups is 1. The number of benzene rings is 1. The molecule has 1 aliphatic heterocycles. The molecule has 0 radical (unpaired) electrons. The van der Waals surface area contributed by atoms with Crippen LogP contribution < -0.4 is 15.8 Å². The van der Waals surface area contributed by atoms with Crippen LogP contribution in [0.3, 0.4) is 0 Å². The molecule has 198 valence electrons. The maximum absolute atomic E-state index is 16.2. The Morgan fingerprint density at radius 2 is 2.03 bits per heavy atom. The van der Waals surface area contributed by atoms with Gasteiger partial charge in [0.1, 0.15) is 18.5 Å². The minimum atomic E-state index is -4.44. The lowest BCUT2D eigenvalue weighted by Crippen LogP contribution is -2.46. The van der Waals surface area contributed by atoms with Crippen molar-refractivity contribution in [1.29, 1.82) is 0 Å². The van der Waals surface area contributed by atoms with Crippen LogP contribution >= 0.6 is 32.1 Å². The molecule has 2 N–H and O–H groups in total. The number of hydrogen-bond donors (Lipinski definition) is 3. The molecule has 0 saturated carbocycles. The molecule has 0 aliphatic carbocycles. The number of aromatic amines is 1. The number of rotatable bonds is 11. The van der Waals surface area contributed by atoms with Crippen LogP contribution in [-0.4, -0.2) is 45.1 Å². The molecule has 2 heterocycles.